The van der Waals surface area contributed by atoms with Gasteiger partial charge in [0.05, 0.1) is 27.0 Å². The van der Waals surface area contributed by atoms with E-state index in [1.807, 2.05) is 60.7 Å². The quantitative estimate of drug-likeness (QED) is 0.320. The maximum Gasteiger partial charge on any atom is 0.252 e. The van der Waals surface area contributed by atoms with Crippen LogP contribution in [-0.4, -0.2) is 44.3 Å². The Labute approximate surface area is 207 Å². The van der Waals surface area contributed by atoms with Crippen LogP contribution in [0.15, 0.2) is 76.1 Å². The third-order valence-electron chi connectivity index (χ3n) is 5.97. The van der Waals surface area contributed by atoms with Crippen molar-refractivity contribution in [1.29, 1.82) is 0 Å². The van der Waals surface area contributed by atoms with Gasteiger partial charge in [0.25, 0.3) is 5.56 Å². The lowest BCUT2D eigenvalue weighted by Gasteiger charge is -2.23. The molecule has 0 amide bonds. The smallest absolute Gasteiger partial charge is 0.252 e. The third kappa shape index (κ3) is 5.13. The largest absolute Gasteiger partial charge is 0.497 e. The third-order valence-corrected chi connectivity index (χ3v) is 5.97. The average Bonchev–Trinajstić information content (AvgIpc) is 3.57. The van der Waals surface area contributed by atoms with E-state index in [2.05, 4.69) is 25.4 Å². The Balaban J connectivity index is 1.47. The highest BCUT2D eigenvalue weighted by Gasteiger charge is 2.18. The van der Waals surface area contributed by atoms with Crippen LogP contribution >= 0.6 is 0 Å². The summed E-state index contributed by atoms with van der Waals surface area (Å²) in [5.41, 5.74) is 2.22. The molecular weight excluding hydrogens is 460 g/mol. The predicted octanol–water partition coefficient (Wildman–Crippen LogP) is 3.38. The highest BCUT2D eigenvalue weighted by Crippen LogP contribution is 2.23. The molecule has 2 aromatic carbocycles. The number of benzene rings is 2. The fourth-order valence-corrected chi connectivity index (χ4v) is 4.17. The second kappa shape index (κ2) is 10.4. The lowest BCUT2D eigenvalue weighted by Crippen LogP contribution is -2.28. The first-order chi connectivity index (χ1) is 17.6. The Bertz CT molecular complexity index is 1510. The number of aromatic amines is 1. The van der Waals surface area contributed by atoms with Crippen LogP contribution in [-0.2, 0) is 26.2 Å². The number of fused-ring (bicyclic) bond motifs is 1. The van der Waals surface area contributed by atoms with E-state index in [1.165, 1.54) is 0 Å². The molecule has 3 aromatic heterocycles. The Kier molecular flexibility index (Phi) is 6.76. The number of aromatic nitrogens is 5. The number of pyridine rings is 1. The molecule has 0 bridgehead atoms. The highest BCUT2D eigenvalue weighted by atomic mass is 16.5. The molecule has 10 heteroatoms. The van der Waals surface area contributed by atoms with E-state index < -0.39 is 0 Å². The number of hydrogen-bond acceptors (Lipinski definition) is 8. The molecule has 0 saturated heterocycles. The van der Waals surface area contributed by atoms with Gasteiger partial charge >= 0.3 is 0 Å². The number of rotatable bonds is 10. The summed E-state index contributed by atoms with van der Waals surface area (Å²) in [4.78, 5) is 18.1. The summed E-state index contributed by atoms with van der Waals surface area (Å²) in [5, 5.41) is 13.1. The zero-order valence-electron chi connectivity index (χ0n) is 20.0. The number of nitrogens with zero attached hydrogens (tertiary/aromatic N) is 5. The van der Waals surface area contributed by atoms with Crippen molar-refractivity contribution in [3.63, 3.8) is 0 Å². The van der Waals surface area contributed by atoms with Crippen LogP contribution in [0.3, 0.4) is 0 Å². The number of nitrogens with one attached hydrogen (secondary N) is 1. The predicted molar refractivity (Wildman–Crippen MR) is 133 cm³/mol. The lowest BCUT2D eigenvalue weighted by molar-refractivity contribution is 0.232. The topological polar surface area (TPSA) is 111 Å². The van der Waals surface area contributed by atoms with Crippen molar-refractivity contribution < 1.29 is 13.9 Å². The van der Waals surface area contributed by atoms with E-state index in [1.54, 1.807) is 25.2 Å². The molecule has 0 atom stereocenters. The molecule has 0 aliphatic carbocycles. The monoisotopic (exact) mass is 486 g/mol. The number of H-pyrrole nitrogens is 1. The van der Waals surface area contributed by atoms with Gasteiger partial charge in [0.1, 0.15) is 23.8 Å². The van der Waals surface area contributed by atoms with E-state index in [9.17, 15) is 4.79 Å². The van der Waals surface area contributed by atoms with Gasteiger partial charge in [-0.25, -0.2) is 4.68 Å². The fraction of sp³-hybridized carbons (Fsp3) is 0.231. The molecule has 0 spiro atoms. The minimum atomic E-state index is -0.145. The van der Waals surface area contributed by atoms with Gasteiger partial charge in [0.15, 0.2) is 5.82 Å². The Morgan fingerprint density at radius 3 is 2.64 bits per heavy atom. The maximum atomic E-state index is 13.0. The zero-order valence-corrected chi connectivity index (χ0v) is 20.0. The molecule has 0 radical (unpaired) electrons. The van der Waals surface area contributed by atoms with Crippen LogP contribution in [0.1, 0.15) is 22.7 Å². The van der Waals surface area contributed by atoms with Crippen LogP contribution in [0.4, 0.5) is 0 Å². The van der Waals surface area contributed by atoms with E-state index in [4.69, 9.17) is 13.9 Å². The Morgan fingerprint density at radius 1 is 0.972 bits per heavy atom. The van der Waals surface area contributed by atoms with Gasteiger partial charge in [-0.15, -0.1) is 5.10 Å². The number of para-hydroxylation sites is 1. The molecule has 3 heterocycles. The van der Waals surface area contributed by atoms with Crippen molar-refractivity contribution in [2.45, 2.75) is 26.2 Å². The molecule has 5 rings (SSSR count). The molecule has 36 heavy (non-hydrogen) atoms. The van der Waals surface area contributed by atoms with Gasteiger partial charge in [0.2, 0.25) is 0 Å². The summed E-state index contributed by atoms with van der Waals surface area (Å²) in [6.45, 7) is 1.71. The zero-order chi connectivity index (χ0) is 24.9. The van der Waals surface area contributed by atoms with E-state index in [0.717, 1.165) is 33.7 Å². The van der Waals surface area contributed by atoms with E-state index in [0.29, 0.717) is 37.6 Å². The summed E-state index contributed by atoms with van der Waals surface area (Å²) in [5.74, 6) is 2.90. The number of tetrazole rings is 1. The van der Waals surface area contributed by atoms with Crippen LogP contribution in [0, 0.1) is 0 Å². The minimum absolute atomic E-state index is 0.145. The van der Waals surface area contributed by atoms with Gasteiger partial charge < -0.3 is 18.9 Å². The molecule has 0 saturated carbocycles. The van der Waals surface area contributed by atoms with Crippen molar-refractivity contribution in [2.75, 3.05) is 14.2 Å². The maximum absolute atomic E-state index is 13.0. The first kappa shape index (κ1) is 23.3. The second-order valence-electron chi connectivity index (χ2n) is 8.37. The standard InChI is InChI=1S/C26H26N6O4/c1-34-21-9-10-23-19(13-21)12-20(26(33)27-23)15-31(14-18-6-3-4-8-24(18)35-2)17-25-28-29-30-32(25)16-22-7-5-11-36-22/h3-13H,14-17H2,1-2H3,(H,27,33). The first-order valence-corrected chi connectivity index (χ1v) is 11.4. The fourth-order valence-electron chi connectivity index (χ4n) is 4.17. The molecule has 0 aliphatic heterocycles. The molecule has 0 aliphatic rings. The molecule has 0 fully saturated rings. The summed E-state index contributed by atoms with van der Waals surface area (Å²) in [7, 11) is 3.27. The molecule has 1 N–H and O–H groups in total. The highest BCUT2D eigenvalue weighted by molar-refractivity contribution is 5.80. The van der Waals surface area contributed by atoms with Crippen molar-refractivity contribution in [3.8, 4) is 11.5 Å². The number of hydrogen-bond donors (Lipinski definition) is 1. The second-order valence-corrected chi connectivity index (χ2v) is 8.37. The molecule has 0 unspecified atom stereocenters. The average molecular weight is 487 g/mol. The molecule has 5 aromatic rings. The van der Waals surface area contributed by atoms with Gasteiger partial charge in [-0.1, -0.05) is 18.2 Å². The number of methoxy groups -OCH3 is 2. The summed E-state index contributed by atoms with van der Waals surface area (Å²) in [6.07, 6.45) is 1.62. The van der Waals surface area contributed by atoms with Crippen LogP contribution in [0.5, 0.6) is 11.5 Å². The lowest BCUT2D eigenvalue weighted by atomic mass is 10.1. The van der Waals surface area contributed by atoms with Gasteiger partial charge in [-0.05, 0) is 52.9 Å². The summed E-state index contributed by atoms with van der Waals surface area (Å²) < 4.78 is 18.1. The van der Waals surface area contributed by atoms with Crippen molar-refractivity contribution in [2.24, 2.45) is 0 Å². The van der Waals surface area contributed by atoms with E-state index in [-0.39, 0.29) is 5.56 Å². The van der Waals surface area contributed by atoms with Gasteiger partial charge in [0, 0.05) is 35.1 Å². The number of furan rings is 1. The van der Waals surface area contributed by atoms with Crippen molar-refractivity contribution in [3.05, 3.63) is 100.0 Å². The molecular formula is C26H26N6O4. The summed E-state index contributed by atoms with van der Waals surface area (Å²) in [6, 6.07) is 19.0. The minimum Gasteiger partial charge on any atom is -0.497 e. The first-order valence-electron chi connectivity index (χ1n) is 11.4. The SMILES string of the molecule is COc1ccc2[nH]c(=O)c(CN(Cc3ccccc3OC)Cc3nnnn3Cc3ccco3)cc2c1. The van der Waals surface area contributed by atoms with Gasteiger partial charge in [-0.3, -0.25) is 9.69 Å². The normalized spacial score (nSPS) is 11.3. The van der Waals surface area contributed by atoms with E-state index >= 15 is 0 Å². The van der Waals surface area contributed by atoms with Crippen LogP contribution < -0.4 is 15.0 Å². The molecule has 10 nitrogen and oxygen atoms in total. The van der Waals surface area contributed by atoms with Gasteiger partial charge in [-0.2, -0.15) is 0 Å². The Morgan fingerprint density at radius 2 is 1.83 bits per heavy atom. The number of ether oxygens (including phenoxy) is 2. The van der Waals surface area contributed by atoms with Crippen molar-refractivity contribution >= 4 is 10.9 Å². The van der Waals surface area contributed by atoms with Crippen LogP contribution in [0.25, 0.3) is 10.9 Å². The summed E-state index contributed by atoms with van der Waals surface area (Å²) >= 11 is 0. The molecule has 184 valence electrons. The van der Waals surface area contributed by atoms with Crippen LogP contribution in [0.2, 0.25) is 0 Å². The van der Waals surface area contributed by atoms with Crippen molar-refractivity contribution in [1.82, 2.24) is 30.1 Å². The Hall–Kier alpha value is -4.44.